The molecule has 0 aromatic carbocycles. The Morgan fingerprint density at radius 2 is 2.40 bits per heavy atom. The minimum Gasteiger partial charge on any atom is -0.368 e. The minimum atomic E-state index is -0.635. The molecule has 0 aliphatic carbocycles. The van der Waals surface area contributed by atoms with Crippen molar-refractivity contribution in [1.82, 2.24) is 5.01 Å². The first kappa shape index (κ1) is 10.6. The van der Waals surface area contributed by atoms with Gasteiger partial charge in [-0.25, -0.2) is 5.01 Å². The van der Waals surface area contributed by atoms with E-state index in [0.29, 0.717) is 0 Å². The molecular weight excluding hydrogens is 210 g/mol. The fourth-order valence-electron chi connectivity index (χ4n) is 1.55. The summed E-state index contributed by atoms with van der Waals surface area (Å²) in [5.74, 6) is 0. The standard InChI is InChI=1S/C10H15N3OS/c1-3-4-5-7-6-8-9(15-7)11-12-13(2)10(8)14/h6,10,14H,3-5H2,1-2H3. The van der Waals surface area contributed by atoms with Gasteiger partial charge in [0.1, 0.15) is 5.00 Å². The molecule has 82 valence electrons. The Morgan fingerprint density at radius 3 is 3.13 bits per heavy atom. The predicted molar refractivity (Wildman–Crippen MR) is 60.2 cm³/mol. The molecule has 0 radical (unpaired) electrons. The topological polar surface area (TPSA) is 48.2 Å². The van der Waals surface area contributed by atoms with Crippen LogP contribution in [0.2, 0.25) is 0 Å². The van der Waals surface area contributed by atoms with E-state index in [1.165, 1.54) is 22.7 Å². The summed E-state index contributed by atoms with van der Waals surface area (Å²) < 4.78 is 0. The largest absolute Gasteiger partial charge is 0.368 e. The zero-order chi connectivity index (χ0) is 10.8. The van der Waals surface area contributed by atoms with Crippen LogP contribution in [0, 0.1) is 0 Å². The molecule has 0 saturated heterocycles. The summed E-state index contributed by atoms with van der Waals surface area (Å²) in [6, 6.07) is 2.05. The van der Waals surface area contributed by atoms with Crippen LogP contribution >= 0.6 is 11.3 Å². The van der Waals surface area contributed by atoms with Gasteiger partial charge in [0.05, 0.1) is 0 Å². The van der Waals surface area contributed by atoms with Gasteiger partial charge in [-0.1, -0.05) is 18.6 Å². The van der Waals surface area contributed by atoms with Gasteiger partial charge in [-0.15, -0.1) is 16.5 Å². The van der Waals surface area contributed by atoms with Crippen LogP contribution in [-0.4, -0.2) is 17.2 Å². The van der Waals surface area contributed by atoms with Crippen molar-refractivity contribution in [2.45, 2.75) is 32.4 Å². The highest BCUT2D eigenvalue weighted by Crippen LogP contribution is 2.39. The maximum absolute atomic E-state index is 9.85. The number of hydrogen-bond acceptors (Lipinski definition) is 5. The van der Waals surface area contributed by atoms with E-state index in [1.807, 2.05) is 0 Å². The molecule has 0 saturated carbocycles. The second-order valence-corrected chi connectivity index (χ2v) is 4.83. The molecule has 0 fully saturated rings. The summed E-state index contributed by atoms with van der Waals surface area (Å²) in [6.07, 6.45) is 2.80. The van der Waals surface area contributed by atoms with Crippen molar-refractivity contribution < 1.29 is 5.11 Å². The predicted octanol–water partition coefficient (Wildman–Crippen LogP) is 3.03. The number of thiophene rings is 1. The zero-order valence-electron chi connectivity index (χ0n) is 8.97. The molecule has 1 aromatic heterocycles. The summed E-state index contributed by atoms with van der Waals surface area (Å²) in [5.41, 5.74) is 0.892. The van der Waals surface area contributed by atoms with Gasteiger partial charge in [-0.3, -0.25) is 0 Å². The molecule has 1 aliphatic heterocycles. The van der Waals surface area contributed by atoms with E-state index in [4.69, 9.17) is 0 Å². The van der Waals surface area contributed by atoms with Crippen molar-refractivity contribution in [3.05, 3.63) is 16.5 Å². The molecule has 1 N–H and O–H groups in total. The molecule has 5 heteroatoms. The van der Waals surface area contributed by atoms with E-state index in [-0.39, 0.29) is 0 Å². The third-order valence-electron chi connectivity index (χ3n) is 2.48. The molecule has 0 amide bonds. The second kappa shape index (κ2) is 4.28. The van der Waals surface area contributed by atoms with Gasteiger partial charge < -0.3 is 5.11 Å². The second-order valence-electron chi connectivity index (χ2n) is 3.71. The maximum atomic E-state index is 9.85. The molecule has 1 aromatic rings. The summed E-state index contributed by atoms with van der Waals surface area (Å²) in [5, 5.41) is 20.1. The summed E-state index contributed by atoms with van der Waals surface area (Å²) in [4.78, 5) is 1.29. The van der Waals surface area contributed by atoms with E-state index in [1.54, 1.807) is 18.4 Å². The average molecular weight is 225 g/mol. The van der Waals surface area contributed by atoms with E-state index in [2.05, 4.69) is 23.3 Å². The van der Waals surface area contributed by atoms with Crippen molar-refractivity contribution in [3.8, 4) is 0 Å². The smallest absolute Gasteiger partial charge is 0.172 e. The number of hydrogen-bond donors (Lipinski definition) is 1. The average Bonchev–Trinajstić information content (AvgIpc) is 2.64. The van der Waals surface area contributed by atoms with E-state index in [9.17, 15) is 5.11 Å². The van der Waals surface area contributed by atoms with Gasteiger partial charge in [0.15, 0.2) is 6.23 Å². The highest BCUT2D eigenvalue weighted by molar-refractivity contribution is 7.16. The Bertz CT molecular complexity index is 375. The molecule has 0 spiro atoms. The van der Waals surface area contributed by atoms with Gasteiger partial charge in [-0.05, 0) is 18.9 Å². The summed E-state index contributed by atoms with van der Waals surface area (Å²) >= 11 is 1.63. The number of rotatable bonds is 3. The quantitative estimate of drug-likeness (QED) is 0.859. The first-order chi connectivity index (χ1) is 7.22. The Labute approximate surface area is 93.2 Å². The van der Waals surface area contributed by atoms with Gasteiger partial charge in [0.25, 0.3) is 0 Å². The lowest BCUT2D eigenvalue weighted by atomic mass is 10.2. The normalized spacial score (nSPS) is 19.4. The van der Waals surface area contributed by atoms with Crippen LogP contribution < -0.4 is 0 Å². The highest BCUT2D eigenvalue weighted by atomic mass is 32.1. The van der Waals surface area contributed by atoms with E-state index >= 15 is 0 Å². The van der Waals surface area contributed by atoms with Crippen molar-refractivity contribution >= 4 is 16.3 Å². The van der Waals surface area contributed by atoms with Crippen molar-refractivity contribution in [2.24, 2.45) is 10.3 Å². The molecule has 1 aliphatic rings. The number of aliphatic hydroxyl groups excluding tert-OH is 1. The molecule has 15 heavy (non-hydrogen) atoms. The van der Waals surface area contributed by atoms with Gasteiger partial charge in [0, 0.05) is 17.5 Å². The molecule has 2 heterocycles. The summed E-state index contributed by atoms with van der Waals surface area (Å²) in [7, 11) is 1.72. The molecule has 1 atom stereocenters. The number of aryl methyl sites for hydroxylation is 1. The monoisotopic (exact) mass is 225 g/mol. The molecule has 4 nitrogen and oxygen atoms in total. The Balaban J connectivity index is 2.21. The molecule has 2 rings (SSSR count). The fraction of sp³-hybridized carbons (Fsp3) is 0.600. The highest BCUT2D eigenvalue weighted by Gasteiger charge is 2.23. The fourth-order valence-corrected chi connectivity index (χ4v) is 2.59. The third kappa shape index (κ3) is 2.03. The third-order valence-corrected chi connectivity index (χ3v) is 3.57. The number of fused-ring (bicyclic) bond motifs is 1. The Morgan fingerprint density at radius 1 is 1.60 bits per heavy atom. The van der Waals surface area contributed by atoms with E-state index in [0.717, 1.165) is 17.0 Å². The number of nitrogens with zero attached hydrogens (tertiary/aromatic N) is 3. The van der Waals surface area contributed by atoms with Crippen LogP contribution in [0.3, 0.4) is 0 Å². The van der Waals surface area contributed by atoms with Crippen molar-refractivity contribution in [2.75, 3.05) is 7.05 Å². The van der Waals surface area contributed by atoms with Crippen LogP contribution in [-0.2, 0) is 6.42 Å². The van der Waals surface area contributed by atoms with Crippen molar-refractivity contribution in [3.63, 3.8) is 0 Å². The maximum Gasteiger partial charge on any atom is 0.172 e. The lowest BCUT2D eigenvalue weighted by Gasteiger charge is -2.21. The van der Waals surface area contributed by atoms with Crippen LogP contribution in [0.4, 0.5) is 5.00 Å². The minimum absolute atomic E-state index is 0.635. The Kier molecular flexibility index (Phi) is 3.02. The van der Waals surface area contributed by atoms with Gasteiger partial charge >= 0.3 is 0 Å². The lowest BCUT2D eigenvalue weighted by molar-refractivity contribution is 0.0128. The number of aliphatic hydroxyl groups is 1. The van der Waals surface area contributed by atoms with Gasteiger partial charge in [0.2, 0.25) is 0 Å². The molecule has 0 bridgehead atoms. The van der Waals surface area contributed by atoms with Crippen molar-refractivity contribution in [1.29, 1.82) is 0 Å². The van der Waals surface area contributed by atoms with Crippen LogP contribution in [0.25, 0.3) is 0 Å². The first-order valence-electron chi connectivity index (χ1n) is 5.17. The molecular formula is C10H15N3OS. The molecule has 1 unspecified atom stereocenters. The Hall–Kier alpha value is -0.940. The van der Waals surface area contributed by atoms with Crippen LogP contribution in [0.15, 0.2) is 16.4 Å². The first-order valence-corrected chi connectivity index (χ1v) is 5.99. The van der Waals surface area contributed by atoms with Crippen LogP contribution in [0.5, 0.6) is 0 Å². The van der Waals surface area contributed by atoms with Crippen LogP contribution in [0.1, 0.15) is 36.4 Å². The SMILES string of the molecule is CCCCc1cc2c(s1)N=NN(C)C2O. The van der Waals surface area contributed by atoms with E-state index < -0.39 is 6.23 Å². The lowest BCUT2D eigenvalue weighted by Crippen LogP contribution is -2.19. The van der Waals surface area contributed by atoms with Gasteiger partial charge in [-0.2, -0.15) is 0 Å². The summed E-state index contributed by atoms with van der Waals surface area (Å²) in [6.45, 7) is 2.18. The number of unbranched alkanes of at least 4 members (excludes halogenated alkanes) is 1. The zero-order valence-corrected chi connectivity index (χ0v) is 9.79.